The van der Waals surface area contributed by atoms with Crippen LogP contribution in [0, 0.1) is 20.2 Å². The molecule has 3 aromatic rings. The van der Waals surface area contributed by atoms with Crippen LogP contribution in [-0.4, -0.2) is 34.5 Å². The zero-order chi connectivity index (χ0) is 27.6. The lowest BCUT2D eigenvalue weighted by Gasteiger charge is -2.19. The van der Waals surface area contributed by atoms with Gasteiger partial charge in [0.2, 0.25) is 5.91 Å². The molecule has 0 saturated heterocycles. The van der Waals surface area contributed by atoms with Crippen LogP contribution < -0.4 is 10.2 Å². The van der Waals surface area contributed by atoms with Crippen LogP contribution in [0.4, 0.5) is 17.1 Å². The second-order valence-corrected chi connectivity index (χ2v) is 9.19. The van der Waals surface area contributed by atoms with Gasteiger partial charge in [0.05, 0.1) is 15.4 Å². The number of halogens is 2. The van der Waals surface area contributed by atoms with Crippen LogP contribution in [0.5, 0.6) is 0 Å². The van der Waals surface area contributed by atoms with E-state index in [-0.39, 0.29) is 46.9 Å². The highest BCUT2D eigenvalue weighted by Gasteiger charge is 2.34. The van der Waals surface area contributed by atoms with E-state index in [1.807, 2.05) is 0 Å². The van der Waals surface area contributed by atoms with Crippen molar-refractivity contribution in [1.29, 1.82) is 0 Å². The molecule has 4 rings (SSSR count). The Morgan fingerprint density at radius 1 is 1.03 bits per heavy atom. The summed E-state index contributed by atoms with van der Waals surface area (Å²) in [7, 11) is 1.42. The lowest BCUT2D eigenvalue weighted by Crippen LogP contribution is -2.43. The number of hydrogen-bond acceptors (Lipinski definition) is 7. The fraction of sp³-hybridized carbons (Fsp3) is 0.160. The number of carbonyl (C=O) groups excluding carboxylic acids is 2. The normalized spacial score (nSPS) is 14.8. The molecule has 1 aliphatic heterocycles. The van der Waals surface area contributed by atoms with E-state index >= 15 is 0 Å². The minimum absolute atomic E-state index is 0.0497. The van der Waals surface area contributed by atoms with Crippen molar-refractivity contribution in [3.63, 3.8) is 0 Å². The number of amidine groups is 1. The maximum absolute atomic E-state index is 13.3. The summed E-state index contributed by atoms with van der Waals surface area (Å²) < 4.78 is 0. The Hall–Kier alpha value is -4.35. The molecule has 0 spiro atoms. The zero-order valence-corrected chi connectivity index (χ0v) is 21.3. The van der Waals surface area contributed by atoms with Gasteiger partial charge in [-0.1, -0.05) is 41.4 Å². The predicted molar refractivity (Wildman–Crippen MR) is 142 cm³/mol. The first-order chi connectivity index (χ1) is 18.1. The van der Waals surface area contributed by atoms with Gasteiger partial charge in [-0.2, -0.15) is 0 Å². The highest BCUT2D eigenvalue weighted by atomic mass is 35.5. The van der Waals surface area contributed by atoms with Gasteiger partial charge in [-0.25, -0.2) is 0 Å². The third-order valence-corrected chi connectivity index (χ3v) is 6.55. The van der Waals surface area contributed by atoms with E-state index in [1.165, 1.54) is 48.3 Å². The molecule has 11 nitrogen and oxygen atoms in total. The number of nitro groups is 2. The number of likely N-dealkylation sites (N-methyl/N-ethyl adjacent to an activating group) is 1. The van der Waals surface area contributed by atoms with E-state index in [1.54, 1.807) is 24.3 Å². The first-order valence-corrected chi connectivity index (χ1v) is 11.9. The molecule has 38 heavy (non-hydrogen) atoms. The number of amides is 2. The number of para-hydroxylation sites is 1. The average Bonchev–Trinajstić information content (AvgIpc) is 2.98. The molecule has 1 N–H and O–H groups in total. The number of aliphatic imine (C=N–C) groups is 1. The molecule has 1 heterocycles. The number of non-ortho nitro benzene ring substituents is 1. The van der Waals surface area contributed by atoms with Gasteiger partial charge in [0.15, 0.2) is 5.84 Å². The molecule has 0 fully saturated rings. The van der Waals surface area contributed by atoms with E-state index in [2.05, 4.69) is 10.3 Å². The molecular weight excluding hydrogens is 537 g/mol. The van der Waals surface area contributed by atoms with E-state index in [9.17, 15) is 29.8 Å². The van der Waals surface area contributed by atoms with Gasteiger partial charge >= 0.3 is 0 Å². The van der Waals surface area contributed by atoms with Gasteiger partial charge in [0.1, 0.15) is 6.04 Å². The molecule has 2 amide bonds. The first-order valence-electron chi connectivity index (χ1n) is 11.2. The molecule has 194 valence electrons. The minimum atomic E-state index is -1.19. The summed E-state index contributed by atoms with van der Waals surface area (Å²) in [6, 6.07) is 13.2. The van der Waals surface area contributed by atoms with Crippen molar-refractivity contribution in [2.24, 2.45) is 4.99 Å². The van der Waals surface area contributed by atoms with E-state index in [0.717, 1.165) is 0 Å². The summed E-state index contributed by atoms with van der Waals surface area (Å²) in [5.41, 5.74) is 0.651. The summed E-state index contributed by atoms with van der Waals surface area (Å²) in [4.78, 5) is 53.8. The number of anilines is 1. The van der Waals surface area contributed by atoms with E-state index < -0.39 is 27.7 Å². The second kappa shape index (κ2) is 11.0. The zero-order valence-electron chi connectivity index (χ0n) is 19.8. The number of fused-ring (bicyclic) bond motifs is 1. The molecule has 1 atom stereocenters. The van der Waals surface area contributed by atoms with Crippen LogP contribution in [-0.2, 0) is 16.0 Å². The smallest absolute Gasteiger partial charge is 0.293 e. The van der Waals surface area contributed by atoms with Gasteiger partial charge in [-0.15, -0.1) is 0 Å². The van der Waals surface area contributed by atoms with Gasteiger partial charge < -0.3 is 10.2 Å². The van der Waals surface area contributed by atoms with Crippen LogP contribution in [0.1, 0.15) is 29.2 Å². The molecule has 3 aromatic carbocycles. The highest BCUT2D eigenvalue weighted by Crippen LogP contribution is 2.40. The lowest BCUT2D eigenvalue weighted by molar-refractivity contribution is -0.385. The molecule has 0 saturated carbocycles. The van der Waals surface area contributed by atoms with Crippen molar-refractivity contribution >= 4 is 57.9 Å². The largest absolute Gasteiger partial charge is 0.308 e. The number of benzene rings is 3. The fourth-order valence-electron chi connectivity index (χ4n) is 4.08. The van der Waals surface area contributed by atoms with E-state index in [4.69, 9.17) is 23.2 Å². The van der Waals surface area contributed by atoms with Crippen molar-refractivity contribution in [3.05, 3.63) is 108 Å². The Labute approximate surface area is 226 Å². The maximum atomic E-state index is 13.3. The fourth-order valence-corrected chi connectivity index (χ4v) is 4.58. The highest BCUT2D eigenvalue weighted by molar-refractivity contribution is 6.45. The summed E-state index contributed by atoms with van der Waals surface area (Å²) in [5, 5.41) is 26.6. The van der Waals surface area contributed by atoms with Crippen molar-refractivity contribution in [2.75, 3.05) is 11.9 Å². The molecule has 13 heteroatoms. The molecule has 1 unspecified atom stereocenters. The monoisotopic (exact) mass is 555 g/mol. The van der Waals surface area contributed by atoms with Crippen LogP contribution in [0.15, 0.2) is 65.7 Å². The maximum Gasteiger partial charge on any atom is 0.293 e. The predicted octanol–water partition coefficient (Wildman–Crippen LogP) is 5.02. The van der Waals surface area contributed by atoms with Crippen molar-refractivity contribution in [3.8, 4) is 0 Å². The Morgan fingerprint density at radius 2 is 1.76 bits per heavy atom. The van der Waals surface area contributed by atoms with E-state index in [0.29, 0.717) is 15.6 Å². The third-order valence-electron chi connectivity index (χ3n) is 5.97. The summed E-state index contributed by atoms with van der Waals surface area (Å²) >= 11 is 12.1. The molecule has 1 aliphatic rings. The summed E-state index contributed by atoms with van der Waals surface area (Å²) in [5.74, 6) is -1.60. The van der Waals surface area contributed by atoms with Gasteiger partial charge in [-0.3, -0.25) is 34.8 Å². The Bertz CT molecular complexity index is 1510. The topological polar surface area (TPSA) is 148 Å². The number of aryl methyl sites for hydroxylation is 1. The van der Waals surface area contributed by atoms with Gasteiger partial charge in [-0.05, 0) is 36.2 Å². The number of nitro benzene ring substituents is 2. The summed E-state index contributed by atoms with van der Waals surface area (Å²) in [6.07, 6.45) is 0.199. The van der Waals surface area contributed by atoms with Crippen LogP contribution >= 0.6 is 23.2 Å². The number of nitrogens with one attached hydrogen (secondary N) is 1. The Morgan fingerprint density at radius 3 is 2.45 bits per heavy atom. The average molecular weight is 556 g/mol. The van der Waals surface area contributed by atoms with Crippen molar-refractivity contribution < 1.29 is 19.4 Å². The van der Waals surface area contributed by atoms with Crippen LogP contribution in [0.3, 0.4) is 0 Å². The number of hydrogen-bond donors (Lipinski definition) is 1. The van der Waals surface area contributed by atoms with Crippen LogP contribution in [0.2, 0.25) is 10.0 Å². The minimum Gasteiger partial charge on any atom is -0.308 e. The SMILES string of the molecule is CN1C(=O)C(NC(=O)CCc2ccc(Cl)cc2Cl)=NC(c2ccccc2[N+](=O)[O-])c2cc([N+](=O)[O-])ccc21. The summed E-state index contributed by atoms with van der Waals surface area (Å²) in [6.45, 7) is 0. The van der Waals surface area contributed by atoms with Crippen LogP contribution in [0.25, 0.3) is 0 Å². The number of carbonyl (C=O) groups is 2. The quantitative estimate of drug-likeness (QED) is 0.333. The van der Waals surface area contributed by atoms with Gasteiger partial charge in [0.25, 0.3) is 17.3 Å². The molecule has 0 aromatic heterocycles. The Balaban J connectivity index is 1.75. The number of rotatable bonds is 6. The first kappa shape index (κ1) is 26.7. The molecule has 0 radical (unpaired) electrons. The Kier molecular flexibility index (Phi) is 7.70. The standard InChI is InChI=1S/C25H19Cl2N5O6/c1-30-20-10-9-16(31(35)36)13-18(20)23(17-4-2-3-5-21(17)32(37)38)29-24(25(30)34)28-22(33)11-7-14-6-8-15(26)12-19(14)27/h2-6,8-10,12-13,23H,7,11H2,1H3,(H,28,29,33). The lowest BCUT2D eigenvalue weighted by atomic mass is 9.95. The number of nitrogens with zero attached hydrogens (tertiary/aromatic N) is 4. The van der Waals surface area contributed by atoms with Gasteiger partial charge in [0, 0.05) is 53.0 Å². The molecule has 0 aliphatic carbocycles. The molecule has 0 bridgehead atoms. The molecular formula is C25H19Cl2N5O6. The van der Waals surface area contributed by atoms with Crippen molar-refractivity contribution in [1.82, 2.24) is 5.32 Å². The van der Waals surface area contributed by atoms with Crippen molar-refractivity contribution in [2.45, 2.75) is 18.9 Å². The second-order valence-electron chi connectivity index (χ2n) is 8.34. The third kappa shape index (κ3) is 5.48.